The Morgan fingerprint density at radius 3 is 2.89 bits per heavy atom. The van der Waals surface area contributed by atoms with Gasteiger partial charge in [-0.15, -0.1) is 22.9 Å². The van der Waals surface area contributed by atoms with Gasteiger partial charge in [-0.2, -0.15) is 0 Å². The SMILES string of the molecule is CN1CCC(N(C)c2nc(C(=O)CCl)cs2)CC1. The predicted octanol–water partition coefficient (Wildman–Crippen LogP) is 2.10. The van der Waals surface area contributed by atoms with Gasteiger partial charge < -0.3 is 9.80 Å². The van der Waals surface area contributed by atoms with Gasteiger partial charge in [-0.1, -0.05) is 0 Å². The Morgan fingerprint density at radius 1 is 1.61 bits per heavy atom. The molecule has 0 bridgehead atoms. The van der Waals surface area contributed by atoms with E-state index in [2.05, 4.69) is 28.9 Å². The van der Waals surface area contributed by atoms with Crippen LogP contribution >= 0.6 is 22.9 Å². The number of anilines is 1. The number of carbonyl (C=O) groups is 1. The molecule has 2 heterocycles. The van der Waals surface area contributed by atoms with Crippen LogP contribution in [0, 0.1) is 0 Å². The summed E-state index contributed by atoms with van der Waals surface area (Å²) in [5.41, 5.74) is 0.491. The van der Waals surface area contributed by atoms with Gasteiger partial charge in [0.1, 0.15) is 5.69 Å². The monoisotopic (exact) mass is 287 g/mol. The molecule has 1 aromatic rings. The molecule has 0 amide bonds. The topological polar surface area (TPSA) is 36.4 Å². The largest absolute Gasteiger partial charge is 0.348 e. The Morgan fingerprint density at radius 2 is 2.28 bits per heavy atom. The molecule has 18 heavy (non-hydrogen) atoms. The highest BCUT2D eigenvalue weighted by Crippen LogP contribution is 2.25. The van der Waals surface area contributed by atoms with Gasteiger partial charge in [0.25, 0.3) is 0 Å². The fourth-order valence-corrected chi connectivity index (χ4v) is 3.17. The predicted molar refractivity (Wildman–Crippen MR) is 76.1 cm³/mol. The number of hydrogen-bond acceptors (Lipinski definition) is 5. The maximum Gasteiger partial charge on any atom is 0.196 e. The number of likely N-dealkylation sites (tertiary alicyclic amines) is 1. The number of rotatable bonds is 4. The van der Waals surface area contributed by atoms with Crippen molar-refractivity contribution in [3.8, 4) is 0 Å². The molecule has 0 atom stereocenters. The van der Waals surface area contributed by atoms with Gasteiger partial charge in [-0.05, 0) is 33.0 Å². The van der Waals surface area contributed by atoms with Gasteiger partial charge in [0.15, 0.2) is 10.9 Å². The Balaban J connectivity index is 2.02. The molecule has 1 fully saturated rings. The van der Waals surface area contributed by atoms with Gasteiger partial charge in [0.05, 0.1) is 5.88 Å². The van der Waals surface area contributed by atoms with Crippen molar-refractivity contribution in [2.24, 2.45) is 0 Å². The molecule has 0 unspecified atom stereocenters. The molecule has 0 radical (unpaired) electrons. The lowest BCUT2D eigenvalue weighted by atomic mass is 10.0. The first kappa shape index (κ1) is 13.8. The number of halogens is 1. The summed E-state index contributed by atoms with van der Waals surface area (Å²) in [6.07, 6.45) is 2.29. The number of carbonyl (C=O) groups excluding carboxylic acids is 1. The van der Waals surface area contributed by atoms with Crippen molar-refractivity contribution in [2.45, 2.75) is 18.9 Å². The molecule has 0 aliphatic carbocycles. The quantitative estimate of drug-likeness (QED) is 0.628. The Kier molecular flexibility index (Phi) is 4.59. The van der Waals surface area contributed by atoms with Crippen LogP contribution in [0.15, 0.2) is 5.38 Å². The maximum atomic E-state index is 11.5. The van der Waals surface area contributed by atoms with Crippen molar-refractivity contribution in [1.29, 1.82) is 0 Å². The van der Waals surface area contributed by atoms with Crippen molar-refractivity contribution >= 4 is 33.9 Å². The number of hydrogen-bond donors (Lipinski definition) is 0. The second-order valence-electron chi connectivity index (χ2n) is 4.72. The fourth-order valence-electron chi connectivity index (χ4n) is 2.16. The zero-order valence-corrected chi connectivity index (χ0v) is 12.3. The number of ketones is 1. The minimum atomic E-state index is -0.101. The van der Waals surface area contributed by atoms with Crippen LogP contribution in [-0.2, 0) is 0 Å². The normalized spacial score (nSPS) is 17.9. The van der Waals surface area contributed by atoms with Crippen LogP contribution in [0.5, 0.6) is 0 Å². The highest BCUT2D eigenvalue weighted by molar-refractivity contribution is 7.14. The minimum Gasteiger partial charge on any atom is -0.348 e. The van der Waals surface area contributed by atoms with Gasteiger partial charge >= 0.3 is 0 Å². The van der Waals surface area contributed by atoms with Crippen LogP contribution < -0.4 is 4.90 Å². The minimum absolute atomic E-state index is 0.00110. The first-order valence-electron chi connectivity index (χ1n) is 6.08. The molecule has 2 rings (SSSR count). The Labute approximate surface area is 117 Å². The summed E-state index contributed by atoms with van der Waals surface area (Å²) in [6, 6.07) is 0.520. The number of piperidine rings is 1. The summed E-state index contributed by atoms with van der Waals surface area (Å²) in [6.45, 7) is 2.24. The van der Waals surface area contributed by atoms with Crippen molar-refractivity contribution in [3.05, 3.63) is 11.1 Å². The van der Waals surface area contributed by atoms with Crippen LogP contribution in [0.1, 0.15) is 23.3 Å². The number of Topliss-reactive ketones (excluding diaryl/α,β-unsaturated/α-hetero) is 1. The average Bonchev–Trinajstić information content (AvgIpc) is 2.87. The van der Waals surface area contributed by atoms with E-state index >= 15 is 0 Å². The highest BCUT2D eigenvalue weighted by atomic mass is 35.5. The van der Waals surface area contributed by atoms with E-state index in [4.69, 9.17) is 11.6 Å². The molecule has 4 nitrogen and oxygen atoms in total. The lowest BCUT2D eigenvalue weighted by Gasteiger charge is -2.34. The van der Waals surface area contributed by atoms with E-state index < -0.39 is 0 Å². The smallest absolute Gasteiger partial charge is 0.196 e. The first-order valence-corrected chi connectivity index (χ1v) is 7.49. The molecule has 0 aromatic carbocycles. The molecule has 0 N–H and O–H groups in total. The Hall–Kier alpha value is -0.650. The molecule has 1 aliphatic heterocycles. The van der Waals surface area contributed by atoms with Crippen molar-refractivity contribution in [3.63, 3.8) is 0 Å². The summed E-state index contributed by atoms with van der Waals surface area (Å²) in [7, 11) is 4.21. The zero-order chi connectivity index (χ0) is 13.1. The zero-order valence-electron chi connectivity index (χ0n) is 10.7. The summed E-state index contributed by atoms with van der Waals surface area (Å²) in [5.74, 6) is -0.0999. The number of aromatic nitrogens is 1. The number of alkyl halides is 1. The maximum absolute atomic E-state index is 11.5. The first-order chi connectivity index (χ1) is 8.61. The van der Waals surface area contributed by atoms with Crippen molar-refractivity contribution in [1.82, 2.24) is 9.88 Å². The van der Waals surface area contributed by atoms with E-state index in [-0.39, 0.29) is 11.7 Å². The number of thiazole rings is 1. The summed E-state index contributed by atoms with van der Waals surface area (Å²) >= 11 is 7.05. The lowest BCUT2D eigenvalue weighted by Crippen LogP contribution is -2.41. The molecular weight excluding hydrogens is 270 g/mol. The number of nitrogens with zero attached hydrogens (tertiary/aromatic N) is 3. The van der Waals surface area contributed by atoms with E-state index in [1.807, 2.05) is 0 Å². The second-order valence-corrected chi connectivity index (χ2v) is 5.82. The molecule has 1 aromatic heterocycles. The third kappa shape index (κ3) is 3.02. The third-order valence-corrected chi connectivity index (χ3v) is 4.61. The standard InChI is InChI=1S/C12H18ClN3OS/c1-15-5-3-9(4-6-15)16(2)12-14-10(8-18-12)11(17)7-13/h8-9H,3-7H2,1-2H3. The van der Waals surface area contributed by atoms with Crippen LogP contribution in [0.2, 0.25) is 0 Å². The van der Waals surface area contributed by atoms with Crippen LogP contribution in [0.4, 0.5) is 5.13 Å². The van der Waals surface area contributed by atoms with E-state index in [0.29, 0.717) is 11.7 Å². The highest BCUT2D eigenvalue weighted by Gasteiger charge is 2.23. The van der Waals surface area contributed by atoms with Gasteiger partial charge in [-0.3, -0.25) is 4.79 Å². The van der Waals surface area contributed by atoms with Gasteiger partial charge in [-0.25, -0.2) is 4.98 Å². The molecule has 100 valence electrons. The Bertz CT molecular complexity index is 415. The summed E-state index contributed by atoms with van der Waals surface area (Å²) in [5, 5.41) is 2.71. The molecule has 0 saturated carbocycles. The van der Waals surface area contributed by atoms with Crippen LogP contribution in [0.25, 0.3) is 0 Å². The van der Waals surface area contributed by atoms with E-state index in [1.54, 1.807) is 5.38 Å². The van der Waals surface area contributed by atoms with Crippen molar-refractivity contribution in [2.75, 3.05) is 38.0 Å². The fraction of sp³-hybridized carbons (Fsp3) is 0.667. The van der Waals surface area contributed by atoms with Gasteiger partial charge in [0, 0.05) is 18.5 Å². The molecule has 6 heteroatoms. The third-order valence-electron chi connectivity index (χ3n) is 3.44. The molecule has 0 spiro atoms. The van der Waals surface area contributed by atoms with Crippen LogP contribution in [-0.4, -0.2) is 54.8 Å². The van der Waals surface area contributed by atoms with E-state index in [0.717, 1.165) is 31.1 Å². The summed E-state index contributed by atoms with van der Waals surface area (Å²) in [4.78, 5) is 20.4. The summed E-state index contributed by atoms with van der Waals surface area (Å²) < 4.78 is 0. The average molecular weight is 288 g/mol. The molecule has 1 saturated heterocycles. The molecule has 1 aliphatic rings. The lowest BCUT2D eigenvalue weighted by molar-refractivity contribution is 0.101. The second kappa shape index (κ2) is 5.99. The van der Waals surface area contributed by atoms with Crippen LogP contribution in [0.3, 0.4) is 0 Å². The van der Waals surface area contributed by atoms with E-state index in [1.165, 1.54) is 11.3 Å². The van der Waals surface area contributed by atoms with E-state index in [9.17, 15) is 4.79 Å². The van der Waals surface area contributed by atoms with Crippen molar-refractivity contribution < 1.29 is 4.79 Å². The molecular formula is C12H18ClN3OS. The van der Waals surface area contributed by atoms with Gasteiger partial charge in [0.2, 0.25) is 0 Å².